The molecule has 2 aromatic rings. The van der Waals surface area contributed by atoms with Crippen molar-refractivity contribution in [3.05, 3.63) is 41.6 Å². The van der Waals surface area contributed by atoms with E-state index >= 15 is 0 Å². The number of aromatic nitrogens is 2. The number of H-pyrrole nitrogens is 1. The van der Waals surface area contributed by atoms with Crippen LogP contribution < -0.4 is 5.32 Å². The first kappa shape index (κ1) is 14.8. The van der Waals surface area contributed by atoms with Crippen LogP contribution in [-0.2, 0) is 0 Å². The second-order valence-electron chi connectivity index (χ2n) is 6.01. The van der Waals surface area contributed by atoms with Gasteiger partial charge in [-0.3, -0.25) is 9.89 Å². The Kier molecular flexibility index (Phi) is 3.98. The molecular formula is C17H22N4O. The number of amides is 1. The Morgan fingerprint density at radius 2 is 2.00 bits per heavy atom. The third kappa shape index (κ3) is 2.76. The molecule has 0 bridgehead atoms. The molecule has 1 aromatic heterocycles. The third-order valence-electron chi connectivity index (χ3n) is 4.45. The van der Waals surface area contributed by atoms with Crippen LogP contribution in [0, 0.1) is 6.92 Å². The minimum Gasteiger partial charge on any atom is -0.332 e. The highest BCUT2D eigenvalue weighted by Gasteiger charge is 2.29. The maximum Gasteiger partial charge on any atom is 0.272 e. The van der Waals surface area contributed by atoms with E-state index in [0.717, 1.165) is 24.3 Å². The fourth-order valence-electron chi connectivity index (χ4n) is 2.80. The average molecular weight is 298 g/mol. The first-order valence-corrected chi connectivity index (χ1v) is 7.73. The molecule has 5 nitrogen and oxygen atoms in total. The average Bonchev–Trinajstić information content (AvgIpc) is 3.00. The van der Waals surface area contributed by atoms with Gasteiger partial charge in [0, 0.05) is 30.7 Å². The summed E-state index contributed by atoms with van der Waals surface area (Å²) in [4.78, 5) is 14.6. The lowest BCUT2D eigenvalue weighted by Gasteiger charge is -2.38. The molecule has 1 aliphatic rings. The molecule has 2 unspecified atom stereocenters. The predicted molar refractivity (Wildman–Crippen MR) is 86.7 cm³/mol. The maximum atomic E-state index is 12.7. The summed E-state index contributed by atoms with van der Waals surface area (Å²) in [5.41, 5.74) is 3.58. The van der Waals surface area contributed by atoms with E-state index in [0.29, 0.717) is 11.7 Å². The standard InChI is InChI=1S/C17H22N4O/c1-11-4-6-14(7-5-11)15-10-16(20-19-15)17(22)21-9-8-18-12(2)13(21)3/h4-7,10,12-13,18H,8-9H2,1-3H3,(H,19,20). The molecule has 0 spiro atoms. The van der Waals surface area contributed by atoms with E-state index < -0.39 is 0 Å². The van der Waals surface area contributed by atoms with Gasteiger partial charge >= 0.3 is 0 Å². The van der Waals surface area contributed by atoms with Crippen LogP contribution >= 0.6 is 0 Å². The second kappa shape index (κ2) is 5.93. The van der Waals surface area contributed by atoms with E-state index in [9.17, 15) is 4.79 Å². The molecule has 1 amide bonds. The van der Waals surface area contributed by atoms with Crippen molar-refractivity contribution in [3.63, 3.8) is 0 Å². The summed E-state index contributed by atoms with van der Waals surface area (Å²) >= 11 is 0. The summed E-state index contributed by atoms with van der Waals surface area (Å²) in [5, 5.41) is 10.6. The SMILES string of the molecule is Cc1ccc(-c2cc(C(=O)N3CCNC(C)C3C)[nH]n2)cc1. The van der Waals surface area contributed by atoms with Crippen LogP contribution in [0.2, 0.25) is 0 Å². The fourth-order valence-corrected chi connectivity index (χ4v) is 2.80. The van der Waals surface area contributed by atoms with Gasteiger partial charge in [-0.1, -0.05) is 29.8 Å². The van der Waals surface area contributed by atoms with Crippen molar-refractivity contribution >= 4 is 5.91 Å². The van der Waals surface area contributed by atoms with Gasteiger partial charge in [-0.05, 0) is 26.8 Å². The van der Waals surface area contributed by atoms with Crippen molar-refractivity contribution in [2.45, 2.75) is 32.9 Å². The highest BCUT2D eigenvalue weighted by atomic mass is 16.2. The summed E-state index contributed by atoms with van der Waals surface area (Å²) in [6, 6.07) is 10.5. The van der Waals surface area contributed by atoms with Gasteiger partial charge in [0.15, 0.2) is 0 Å². The molecule has 2 atom stereocenters. The minimum atomic E-state index is 0.0201. The lowest BCUT2D eigenvalue weighted by atomic mass is 10.1. The van der Waals surface area contributed by atoms with Crippen LogP contribution in [-0.4, -0.2) is 46.2 Å². The molecule has 22 heavy (non-hydrogen) atoms. The Balaban J connectivity index is 1.81. The Morgan fingerprint density at radius 3 is 2.73 bits per heavy atom. The molecule has 0 saturated carbocycles. The fraction of sp³-hybridized carbons (Fsp3) is 0.412. The second-order valence-corrected chi connectivity index (χ2v) is 6.01. The molecule has 5 heteroatoms. The predicted octanol–water partition coefficient (Wildman–Crippen LogP) is 2.21. The van der Waals surface area contributed by atoms with Crippen LogP contribution in [0.15, 0.2) is 30.3 Å². The van der Waals surface area contributed by atoms with E-state index in [1.807, 2.05) is 35.2 Å². The molecule has 1 fully saturated rings. The zero-order valence-corrected chi connectivity index (χ0v) is 13.3. The first-order chi connectivity index (χ1) is 10.6. The van der Waals surface area contributed by atoms with Gasteiger partial charge in [-0.25, -0.2) is 0 Å². The van der Waals surface area contributed by atoms with Crippen molar-refractivity contribution in [1.29, 1.82) is 0 Å². The number of carbonyl (C=O) groups is 1. The van der Waals surface area contributed by atoms with Crippen LogP contribution in [0.3, 0.4) is 0 Å². The van der Waals surface area contributed by atoms with Gasteiger partial charge in [0.25, 0.3) is 5.91 Å². The number of hydrogen-bond acceptors (Lipinski definition) is 3. The smallest absolute Gasteiger partial charge is 0.272 e. The number of aryl methyl sites for hydroxylation is 1. The highest BCUT2D eigenvalue weighted by Crippen LogP contribution is 2.20. The largest absolute Gasteiger partial charge is 0.332 e. The molecule has 116 valence electrons. The van der Waals surface area contributed by atoms with Crippen LogP contribution in [0.4, 0.5) is 0 Å². The van der Waals surface area contributed by atoms with Gasteiger partial charge in [0.2, 0.25) is 0 Å². The van der Waals surface area contributed by atoms with E-state index in [4.69, 9.17) is 0 Å². The lowest BCUT2D eigenvalue weighted by Crippen LogP contribution is -2.57. The molecule has 2 N–H and O–H groups in total. The van der Waals surface area contributed by atoms with E-state index in [2.05, 4.69) is 36.3 Å². The number of carbonyl (C=O) groups excluding carboxylic acids is 1. The number of nitrogens with one attached hydrogen (secondary N) is 2. The topological polar surface area (TPSA) is 61.0 Å². The van der Waals surface area contributed by atoms with Crippen LogP contribution in [0.5, 0.6) is 0 Å². The first-order valence-electron chi connectivity index (χ1n) is 7.73. The number of hydrogen-bond donors (Lipinski definition) is 2. The van der Waals surface area contributed by atoms with E-state index in [1.54, 1.807) is 0 Å². The summed E-state index contributed by atoms with van der Waals surface area (Å²) in [6.45, 7) is 7.79. The number of aromatic amines is 1. The summed E-state index contributed by atoms with van der Waals surface area (Å²) < 4.78 is 0. The van der Waals surface area contributed by atoms with Crippen molar-refractivity contribution in [2.75, 3.05) is 13.1 Å². The number of piperazine rings is 1. The number of nitrogens with zero attached hydrogens (tertiary/aromatic N) is 2. The summed E-state index contributed by atoms with van der Waals surface area (Å²) in [5.74, 6) is 0.0201. The molecule has 0 radical (unpaired) electrons. The highest BCUT2D eigenvalue weighted by molar-refractivity contribution is 5.93. The molecule has 0 aliphatic carbocycles. The molecule has 1 aliphatic heterocycles. The number of rotatable bonds is 2. The van der Waals surface area contributed by atoms with E-state index in [1.165, 1.54) is 5.56 Å². The normalized spacial score (nSPS) is 21.9. The number of benzene rings is 1. The molecular weight excluding hydrogens is 276 g/mol. The monoisotopic (exact) mass is 298 g/mol. The van der Waals surface area contributed by atoms with Crippen molar-refractivity contribution in [1.82, 2.24) is 20.4 Å². The van der Waals surface area contributed by atoms with Gasteiger partial charge in [0.05, 0.1) is 5.69 Å². The van der Waals surface area contributed by atoms with Gasteiger partial charge < -0.3 is 10.2 Å². The molecule has 1 saturated heterocycles. The Bertz CT molecular complexity index is 662. The van der Waals surface area contributed by atoms with Gasteiger partial charge in [0.1, 0.15) is 5.69 Å². The summed E-state index contributed by atoms with van der Waals surface area (Å²) in [6.07, 6.45) is 0. The summed E-state index contributed by atoms with van der Waals surface area (Å²) in [7, 11) is 0. The van der Waals surface area contributed by atoms with Gasteiger partial charge in [-0.15, -0.1) is 0 Å². The quantitative estimate of drug-likeness (QED) is 0.893. The van der Waals surface area contributed by atoms with Gasteiger partial charge in [-0.2, -0.15) is 5.10 Å². The van der Waals surface area contributed by atoms with Crippen molar-refractivity contribution in [3.8, 4) is 11.3 Å². The van der Waals surface area contributed by atoms with Crippen LogP contribution in [0.25, 0.3) is 11.3 Å². The van der Waals surface area contributed by atoms with E-state index in [-0.39, 0.29) is 11.9 Å². The molecule has 1 aromatic carbocycles. The van der Waals surface area contributed by atoms with Crippen LogP contribution in [0.1, 0.15) is 29.9 Å². The Labute approximate surface area is 130 Å². The van der Waals surface area contributed by atoms with Crippen molar-refractivity contribution < 1.29 is 4.79 Å². The lowest BCUT2D eigenvalue weighted by molar-refractivity contribution is 0.0597. The maximum absolute atomic E-state index is 12.7. The zero-order valence-electron chi connectivity index (χ0n) is 13.3. The Morgan fingerprint density at radius 1 is 1.27 bits per heavy atom. The van der Waals surface area contributed by atoms with Crippen molar-refractivity contribution in [2.24, 2.45) is 0 Å². The molecule has 2 heterocycles. The minimum absolute atomic E-state index is 0.0201. The molecule has 3 rings (SSSR count). The Hall–Kier alpha value is -2.14. The third-order valence-corrected chi connectivity index (χ3v) is 4.45. The zero-order chi connectivity index (χ0) is 15.7.